The summed E-state index contributed by atoms with van der Waals surface area (Å²) < 4.78 is 5.68. The van der Waals surface area contributed by atoms with E-state index in [9.17, 15) is 4.79 Å². The summed E-state index contributed by atoms with van der Waals surface area (Å²) in [5.74, 6) is 1.09. The molecule has 3 rings (SSSR count). The minimum Gasteiger partial charge on any atom is -0.411 e. The van der Waals surface area contributed by atoms with Gasteiger partial charge in [0.15, 0.2) is 0 Å². The lowest BCUT2D eigenvalue weighted by atomic mass is 9.99. The Bertz CT molecular complexity index is 951. The molecule has 0 aliphatic heterocycles. The van der Waals surface area contributed by atoms with Gasteiger partial charge in [0.05, 0.1) is 5.75 Å². The van der Waals surface area contributed by atoms with Crippen LogP contribution < -0.4 is 5.32 Å². The molecule has 0 spiro atoms. The van der Waals surface area contributed by atoms with Crippen molar-refractivity contribution in [1.82, 2.24) is 10.2 Å². The van der Waals surface area contributed by atoms with Crippen LogP contribution in [0.1, 0.15) is 42.9 Å². The summed E-state index contributed by atoms with van der Waals surface area (Å²) in [6.45, 7) is 8.47. The maximum absolute atomic E-state index is 12.2. The lowest BCUT2D eigenvalue weighted by Gasteiger charge is -2.10. The number of amides is 1. The first-order valence-electron chi connectivity index (χ1n) is 9.40. The molecule has 2 aromatic carbocycles. The maximum atomic E-state index is 12.2. The number of nitrogens with one attached hydrogen (secondary N) is 1. The SMILES string of the molecule is CC[C@@H](C)c1ccc(NC(=O)CSc2nnc(-c3ccc(C)c(C)c3)o2)cc1. The third kappa shape index (κ3) is 5.01. The second-order valence-electron chi connectivity index (χ2n) is 6.94. The second-order valence-corrected chi connectivity index (χ2v) is 7.87. The quantitative estimate of drug-likeness (QED) is 0.528. The third-order valence-electron chi connectivity index (χ3n) is 4.86. The summed E-state index contributed by atoms with van der Waals surface area (Å²) in [5.41, 5.74) is 5.34. The molecule has 0 fully saturated rings. The summed E-state index contributed by atoms with van der Waals surface area (Å²) >= 11 is 1.23. The molecule has 146 valence electrons. The highest BCUT2D eigenvalue weighted by Crippen LogP contribution is 2.25. The Kier molecular flexibility index (Phi) is 6.52. The number of benzene rings is 2. The molecular weight excluding hydrogens is 370 g/mol. The normalized spacial score (nSPS) is 12.0. The van der Waals surface area contributed by atoms with Crippen molar-refractivity contribution in [3.8, 4) is 11.5 Å². The van der Waals surface area contributed by atoms with Crippen molar-refractivity contribution in [1.29, 1.82) is 0 Å². The summed E-state index contributed by atoms with van der Waals surface area (Å²) in [4.78, 5) is 12.2. The standard InChI is InChI=1S/C22H25N3O2S/c1-5-14(2)17-8-10-19(11-9-17)23-20(26)13-28-22-25-24-21(27-22)18-7-6-15(3)16(4)12-18/h6-12,14H,5,13H2,1-4H3,(H,23,26)/t14-/m1/s1. The fraction of sp³-hybridized carbons (Fsp3) is 0.318. The monoisotopic (exact) mass is 395 g/mol. The topological polar surface area (TPSA) is 68.0 Å². The molecule has 0 aliphatic carbocycles. The van der Waals surface area contributed by atoms with Gasteiger partial charge in [-0.25, -0.2) is 0 Å². The molecule has 0 saturated heterocycles. The van der Waals surface area contributed by atoms with E-state index in [1.165, 1.54) is 28.5 Å². The lowest BCUT2D eigenvalue weighted by molar-refractivity contribution is -0.113. The molecule has 1 heterocycles. The number of hydrogen-bond donors (Lipinski definition) is 1. The zero-order valence-corrected chi connectivity index (χ0v) is 17.5. The Hall–Kier alpha value is -2.60. The first kappa shape index (κ1) is 20.1. The minimum absolute atomic E-state index is 0.104. The molecule has 28 heavy (non-hydrogen) atoms. The number of rotatable bonds is 7. The predicted molar refractivity (Wildman–Crippen MR) is 114 cm³/mol. The van der Waals surface area contributed by atoms with E-state index < -0.39 is 0 Å². The van der Waals surface area contributed by atoms with Gasteiger partial charge in [-0.3, -0.25) is 4.79 Å². The van der Waals surface area contributed by atoms with Crippen molar-refractivity contribution in [3.05, 3.63) is 59.2 Å². The molecule has 0 radical (unpaired) electrons. The molecule has 0 bridgehead atoms. The molecule has 6 heteroatoms. The van der Waals surface area contributed by atoms with Gasteiger partial charge in [0.2, 0.25) is 11.8 Å². The van der Waals surface area contributed by atoms with E-state index in [1.54, 1.807) is 0 Å². The van der Waals surface area contributed by atoms with Gasteiger partial charge in [0, 0.05) is 11.3 Å². The molecule has 5 nitrogen and oxygen atoms in total. The first-order chi connectivity index (χ1) is 13.5. The summed E-state index contributed by atoms with van der Waals surface area (Å²) in [6, 6.07) is 14.0. The molecule has 0 unspecified atom stereocenters. The highest BCUT2D eigenvalue weighted by molar-refractivity contribution is 7.99. The van der Waals surface area contributed by atoms with E-state index in [4.69, 9.17) is 4.42 Å². The number of nitrogens with zero attached hydrogens (tertiary/aromatic N) is 2. The number of carbonyl (C=O) groups excluding carboxylic acids is 1. The van der Waals surface area contributed by atoms with E-state index >= 15 is 0 Å². The molecular formula is C22H25N3O2S. The Morgan fingerprint density at radius 3 is 2.54 bits per heavy atom. The molecule has 1 atom stereocenters. The number of hydrogen-bond acceptors (Lipinski definition) is 5. The van der Waals surface area contributed by atoms with Crippen LogP contribution in [0.15, 0.2) is 52.1 Å². The van der Waals surface area contributed by atoms with Crippen molar-refractivity contribution in [2.24, 2.45) is 0 Å². The number of aryl methyl sites for hydroxylation is 2. The lowest BCUT2D eigenvalue weighted by Crippen LogP contribution is -2.14. The van der Waals surface area contributed by atoms with Crippen LogP contribution >= 0.6 is 11.8 Å². The molecule has 0 aliphatic rings. The largest absolute Gasteiger partial charge is 0.411 e. The minimum atomic E-state index is -0.104. The third-order valence-corrected chi connectivity index (χ3v) is 5.68. The van der Waals surface area contributed by atoms with Crippen LogP contribution in [0.5, 0.6) is 0 Å². The Labute approximate surface area is 170 Å². The fourth-order valence-corrected chi connectivity index (χ4v) is 3.28. The molecule has 0 saturated carbocycles. The Morgan fingerprint density at radius 2 is 1.86 bits per heavy atom. The highest BCUT2D eigenvalue weighted by Gasteiger charge is 2.12. The average molecular weight is 396 g/mol. The van der Waals surface area contributed by atoms with E-state index in [0.717, 1.165) is 17.7 Å². The van der Waals surface area contributed by atoms with Gasteiger partial charge < -0.3 is 9.73 Å². The van der Waals surface area contributed by atoms with E-state index in [0.29, 0.717) is 17.0 Å². The first-order valence-corrected chi connectivity index (χ1v) is 10.4. The van der Waals surface area contributed by atoms with E-state index in [2.05, 4.69) is 48.4 Å². The fourth-order valence-electron chi connectivity index (χ4n) is 2.71. The highest BCUT2D eigenvalue weighted by atomic mass is 32.2. The smallest absolute Gasteiger partial charge is 0.277 e. The number of thioether (sulfide) groups is 1. The predicted octanol–water partition coefficient (Wildman–Crippen LogP) is 5.60. The Balaban J connectivity index is 1.55. The van der Waals surface area contributed by atoms with Gasteiger partial charge in [0.25, 0.3) is 5.22 Å². The maximum Gasteiger partial charge on any atom is 0.277 e. The second kappa shape index (κ2) is 9.06. The van der Waals surface area contributed by atoms with Crippen molar-refractivity contribution in [2.75, 3.05) is 11.1 Å². The number of anilines is 1. The number of carbonyl (C=O) groups is 1. The van der Waals surface area contributed by atoms with Crippen molar-refractivity contribution in [3.63, 3.8) is 0 Å². The van der Waals surface area contributed by atoms with Crippen molar-refractivity contribution >= 4 is 23.4 Å². The van der Waals surface area contributed by atoms with E-state index in [1.807, 2.05) is 37.3 Å². The zero-order valence-electron chi connectivity index (χ0n) is 16.7. The van der Waals surface area contributed by atoms with Crippen molar-refractivity contribution in [2.45, 2.75) is 45.3 Å². The molecule has 1 N–H and O–H groups in total. The molecule has 1 amide bonds. The average Bonchev–Trinajstić information content (AvgIpc) is 3.17. The Morgan fingerprint density at radius 1 is 1.11 bits per heavy atom. The van der Waals surface area contributed by atoms with Crippen LogP contribution in [0.3, 0.4) is 0 Å². The van der Waals surface area contributed by atoms with E-state index in [-0.39, 0.29) is 11.7 Å². The van der Waals surface area contributed by atoms with Crippen LogP contribution in [-0.2, 0) is 4.79 Å². The van der Waals surface area contributed by atoms with Crippen LogP contribution in [-0.4, -0.2) is 21.9 Å². The van der Waals surface area contributed by atoms with Gasteiger partial charge in [0.1, 0.15) is 0 Å². The van der Waals surface area contributed by atoms with Crippen LogP contribution in [0.4, 0.5) is 5.69 Å². The van der Waals surface area contributed by atoms with Crippen molar-refractivity contribution < 1.29 is 9.21 Å². The molecule has 3 aromatic rings. The van der Waals surface area contributed by atoms with Crippen LogP contribution in [0.25, 0.3) is 11.5 Å². The van der Waals surface area contributed by atoms with Gasteiger partial charge in [-0.2, -0.15) is 0 Å². The summed E-state index contributed by atoms with van der Waals surface area (Å²) in [5, 5.41) is 11.4. The molecule has 1 aromatic heterocycles. The zero-order chi connectivity index (χ0) is 20.1. The summed E-state index contributed by atoms with van der Waals surface area (Å²) in [6.07, 6.45) is 1.09. The van der Waals surface area contributed by atoms with Gasteiger partial charge >= 0.3 is 0 Å². The number of aromatic nitrogens is 2. The van der Waals surface area contributed by atoms with Gasteiger partial charge in [-0.1, -0.05) is 43.8 Å². The van der Waals surface area contributed by atoms with Gasteiger partial charge in [-0.15, -0.1) is 10.2 Å². The van der Waals surface area contributed by atoms with Crippen LogP contribution in [0, 0.1) is 13.8 Å². The summed E-state index contributed by atoms with van der Waals surface area (Å²) in [7, 11) is 0. The van der Waals surface area contributed by atoms with Gasteiger partial charge in [-0.05, 0) is 67.1 Å². The van der Waals surface area contributed by atoms with Crippen LogP contribution in [0.2, 0.25) is 0 Å².